The standard InChI is InChI=1S/C30H36N4O3/c35-29(32-19-27(30(36)37)26-13-3-8-21-7-1-2-12-25(21)26)23-10-5-17-34(20-23)18-6-11-24-15-14-22-9-4-16-31-28(22)33-24/h1-3,7-8,12-15,23,27H,4-6,9-11,16-20H2,(H,31,33)(H,32,35)(H,36,37)/t23-,27+/m1/s1. The van der Waals surface area contributed by atoms with Gasteiger partial charge in [0.2, 0.25) is 5.91 Å². The average molecular weight is 501 g/mol. The number of hydrogen-bond acceptors (Lipinski definition) is 5. The number of carbonyl (C=O) groups is 2. The highest BCUT2D eigenvalue weighted by molar-refractivity contribution is 5.91. The van der Waals surface area contributed by atoms with Crippen molar-refractivity contribution in [2.75, 3.05) is 38.0 Å². The third kappa shape index (κ3) is 6.10. The highest BCUT2D eigenvalue weighted by atomic mass is 16.4. The van der Waals surface area contributed by atoms with Crippen LogP contribution in [0.25, 0.3) is 10.8 Å². The molecule has 0 radical (unpaired) electrons. The number of carboxylic acid groups (broad SMARTS) is 1. The number of piperidine rings is 1. The Morgan fingerprint density at radius 1 is 1.11 bits per heavy atom. The number of fused-ring (bicyclic) bond motifs is 2. The maximum Gasteiger partial charge on any atom is 0.312 e. The van der Waals surface area contributed by atoms with Gasteiger partial charge in [0.25, 0.3) is 0 Å². The molecule has 3 aromatic rings. The van der Waals surface area contributed by atoms with E-state index in [0.717, 1.165) is 92.6 Å². The number of likely N-dealkylation sites (tertiary alicyclic amines) is 1. The van der Waals surface area contributed by atoms with E-state index in [0.29, 0.717) is 0 Å². The molecule has 0 bridgehead atoms. The second-order valence-corrected chi connectivity index (χ2v) is 10.3. The lowest BCUT2D eigenvalue weighted by Crippen LogP contribution is -2.44. The summed E-state index contributed by atoms with van der Waals surface area (Å²) in [6, 6.07) is 17.8. The molecule has 2 aliphatic rings. The Morgan fingerprint density at radius 2 is 1.97 bits per heavy atom. The Hall–Kier alpha value is -3.45. The minimum absolute atomic E-state index is 0.0429. The normalized spacial score (nSPS) is 18.5. The van der Waals surface area contributed by atoms with Crippen LogP contribution in [0.15, 0.2) is 54.6 Å². The maximum atomic E-state index is 13.0. The van der Waals surface area contributed by atoms with Crippen LogP contribution >= 0.6 is 0 Å². The minimum Gasteiger partial charge on any atom is -0.481 e. The Labute approximate surface area is 218 Å². The number of carboxylic acids is 1. The van der Waals surface area contributed by atoms with E-state index < -0.39 is 11.9 Å². The number of carbonyl (C=O) groups excluding carboxylic acids is 1. The van der Waals surface area contributed by atoms with E-state index in [9.17, 15) is 14.7 Å². The van der Waals surface area contributed by atoms with Crippen molar-refractivity contribution in [3.63, 3.8) is 0 Å². The highest BCUT2D eigenvalue weighted by Crippen LogP contribution is 2.26. The van der Waals surface area contributed by atoms with Crippen LogP contribution in [-0.2, 0) is 22.4 Å². The van der Waals surface area contributed by atoms with Gasteiger partial charge in [-0.3, -0.25) is 9.59 Å². The van der Waals surface area contributed by atoms with Crippen LogP contribution in [0.3, 0.4) is 0 Å². The second-order valence-electron chi connectivity index (χ2n) is 10.3. The van der Waals surface area contributed by atoms with Crippen molar-refractivity contribution in [3.05, 3.63) is 71.4 Å². The van der Waals surface area contributed by atoms with Crippen LogP contribution in [0.2, 0.25) is 0 Å². The van der Waals surface area contributed by atoms with Crippen LogP contribution in [0.5, 0.6) is 0 Å². The number of nitrogens with zero attached hydrogens (tertiary/aromatic N) is 2. The Bertz CT molecular complexity index is 1260. The van der Waals surface area contributed by atoms with E-state index in [1.807, 2.05) is 42.5 Å². The number of nitrogens with one attached hydrogen (secondary N) is 2. The fraction of sp³-hybridized carbons (Fsp3) is 0.433. The van der Waals surface area contributed by atoms with Gasteiger partial charge in [-0.15, -0.1) is 0 Å². The molecule has 1 amide bonds. The molecule has 7 nitrogen and oxygen atoms in total. The molecule has 0 spiro atoms. The molecule has 0 aliphatic carbocycles. The molecule has 37 heavy (non-hydrogen) atoms. The van der Waals surface area contributed by atoms with E-state index in [1.165, 1.54) is 5.56 Å². The van der Waals surface area contributed by atoms with Crippen molar-refractivity contribution in [2.45, 2.75) is 44.4 Å². The van der Waals surface area contributed by atoms with Crippen LogP contribution in [0.1, 0.15) is 48.4 Å². The van der Waals surface area contributed by atoms with Gasteiger partial charge in [-0.1, -0.05) is 48.5 Å². The number of benzene rings is 2. The lowest BCUT2D eigenvalue weighted by molar-refractivity contribution is -0.138. The van der Waals surface area contributed by atoms with E-state index in [2.05, 4.69) is 27.7 Å². The average Bonchev–Trinajstić information content (AvgIpc) is 2.93. The topological polar surface area (TPSA) is 94.6 Å². The summed E-state index contributed by atoms with van der Waals surface area (Å²) in [5, 5.41) is 18.2. The fourth-order valence-electron chi connectivity index (χ4n) is 5.70. The van der Waals surface area contributed by atoms with E-state index >= 15 is 0 Å². The van der Waals surface area contributed by atoms with Crippen molar-refractivity contribution < 1.29 is 14.7 Å². The largest absolute Gasteiger partial charge is 0.481 e. The first kappa shape index (κ1) is 25.2. The van der Waals surface area contributed by atoms with Gasteiger partial charge in [0, 0.05) is 25.3 Å². The molecular weight excluding hydrogens is 464 g/mol. The first-order chi connectivity index (χ1) is 18.1. The van der Waals surface area contributed by atoms with Gasteiger partial charge >= 0.3 is 5.97 Å². The van der Waals surface area contributed by atoms with Crippen LogP contribution in [0, 0.1) is 5.92 Å². The molecule has 2 atom stereocenters. The van der Waals surface area contributed by atoms with Crippen molar-refractivity contribution in [2.24, 2.45) is 5.92 Å². The molecule has 1 fully saturated rings. The van der Waals surface area contributed by atoms with Gasteiger partial charge in [-0.05, 0) is 79.6 Å². The Kier molecular flexibility index (Phi) is 7.99. The molecule has 0 saturated carbocycles. The molecule has 194 valence electrons. The number of pyridine rings is 1. The van der Waals surface area contributed by atoms with E-state index in [4.69, 9.17) is 4.98 Å². The molecule has 3 heterocycles. The van der Waals surface area contributed by atoms with Crippen molar-refractivity contribution in [1.29, 1.82) is 0 Å². The summed E-state index contributed by atoms with van der Waals surface area (Å²) in [6.45, 7) is 3.74. The van der Waals surface area contributed by atoms with Crippen LogP contribution in [0.4, 0.5) is 5.82 Å². The zero-order chi connectivity index (χ0) is 25.6. The molecule has 1 aromatic heterocycles. The molecule has 0 unspecified atom stereocenters. The molecule has 1 saturated heterocycles. The third-order valence-electron chi connectivity index (χ3n) is 7.71. The monoisotopic (exact) mass is 500 g/mol. The lowest BCUT2D eigenvalue weighted by atomic mass is 9.92. The predicted octanol–water partition coefficient (Wildman–Crippen LogP) is 4.22. The zero-order valence-corrected chi connectivity index (χ0v) is 21.3. The van der Waals surface area contributed by atoms with Gasteiger partial charge in [0.15, 0.2) is 0 Å². The SMILES string of the molecule is O=C(NC[C@H](C(=O)O)c1cccc2ccccc12)[C@@H]1CCCN(CCCc2ccc3c(n2)NCCC3)C1. The molecule has 5 rings (SSSR count). The number of aliphatic carboxylic acids is 1. The van der Waals surface area contributed by atoms with E-state index in [-0.39, 0.29) is 18.4 Å². The number of amides is 1. The third-order valence-corrected chi connectivity index (χ3v) is 7.71. The smallest absolute Gasteiger partial charge is 0.312 e. The Morgan fingerprint density at radius 3 is 2.86 bits per heavy atom. The number of hydrogen-bond donors (Lipinski definition) is 3. The van der Waals surface area contributed by atoms with Crippen molar-refractivity contribution >= 4 is 28.5 Å². The highest BCUT2D eigenvalue weighted by Gasteiger charge is 2.28. The summed E-state index contributed by atoms with van der Waals surface area (Å²) < 4.78 is 0. The Balaban J connectivity index is 1.13. The van der Waals surface area contributed by atoms with Gasteiger partial charge in [0.1, 0.15) is 5.82 Å². The second kappa shape index (κ2) is 11.7. The van der Waals surface area contributed by atoms with Crippen LogP contribution < -0.4 is 10.6 Å². The summed E-state index contributed by atoms with van der Waals surface area (Å²) in [4.78, 5) is 32.3. The van der Waals surface area contributed by atoms with Gasteiger partial charge in [-0.25, -0.2) is 4.98 Å². The first-order valence-electron chi connectivity index (χ1n) is 13.5. The first-order valence-corrected chi connectivity index (χ1v) is 13.5. The maximum absolute atomic E-state index is 13.0. The molecular formula is C30H36N4O3. The summed E-state index contributed by atoms with van der Waals surface area (Å²) in [6.07, 6.45) is 6.01. The molecule has 2 aromatic carbocycles. The summed E-state index contributed by atoms with van der Waals surface area (Å²) in [5.41, 5.74) is 3.17. The summed E-state index contributed by atoms with van der Waals surface area (Å²) in [5.74, 6) is -0.816. The summed E-state index contributed by atoms with van der Waals surface area (Å²) in [7, 11) is 0. The van der Waals surface area contributed by atoms with Gasteiger partial charge in [-0.2, -0.15) is 0 Å². The van der Waals surface area contributed by atoms with Crippen molar-refractivity contribution in [1.82, 2.24) is 15.2 Å². The fourth-order valence-corrected chi connectivity index (χ4v) is 5.70. The van der Waals surface area contributed by atoms with Gasteiger partial charge < -0.3 is 20.6 Å². The number of anilines is 1. The lowest BCUT2D eigenvalue weighted by Gasteiger charge is -2.32. The van der Waals surface area contributed by atoms with E-state index in [1.54, 1.807) is 0 Å². The molecule has 7 heteroatoms. The number of aromatic nitrogens is 1. The minimum atomic E-state index is -0.923. The zero-order valence-electron chi connectivity index (χ0n) is 21.3. The predicted molar refractivity (Wildman–Crippen MR) is 146 cm³/mol. The van der Waals surface area contributed by atoms with Crippen LogP contribution in [-0.4, -0.2) is 59.6 Å². The summed E-state index contributed by atoms with van der Waals surface area (Å²) >= 11 is 0. The molecule has 3 N–H and O–H groups in total. The molecule has 2 aliphatic heterocycles. The quantitative estimate of drug-likeness (QED) is 0.407. The number of rotatable bonds is 9. The number of aryl methyl sites for hydroxylation is 2. The van der Waals surface area contributed by atoms with Crippen molar-refractivity contribution in [3.8, 4) is 0 Å². The van der Waals surface area contributed by atoms with Gasteiger partial charge in [0.05, 0.1) is 11.8 Å².